The van der Waals surface area contributed by atoms with E-state index in [1.807, 2.05) is 0 Å². The lowest BCUT2D eigenvalue weighted by Gasteiger charge is -2.39. The van der Waals surface area contributed by atoms with E-state index in [9.17, 15) is 25.2 Å². The molecular formula is C23H24O10. The Balaban J connectivity index is 1.61. The second kappa shape index (κ2) is 9.38. The van der Waals surface area contributed by atoms with Gasteiger partial charge in [0.2, 0.25) is 11.7 Å². The molecule has 3 aromatic rings. The largest absolute Gasteiger partial charge is 0.496 e. The van der Waals surface area contributed by atoms with Crippen LogP contribution in [0, 0.1) is 0 Å². The maximum Gasteiger partial charge on any atom is 0.229 e. The van der Waals surface area contributed by atoms with E-state index in [0.717, 1.165) is 0 Å². The molecule has 0 aliphatic carbocycles. The monoisotopic (exact) mass is 460 g/mol. The number of rotatable bonds is 6. The zero-order chi connectivity index (χ0) is 23.7. The summed E-state index contributed by atoms with van der Waals surface area (Å²) in [5, 5.41) is 39.5. The number of aliphatic hydroxyl groups excluding tert-OH is 4. The van der Waals surface area contributed by atoms with Crippen molar-refractivity contribution >= 4 is 11.0 Å². The highest BCUT2D eigenvalue weighted by molar-refractivity contribution is 5.88. The van der Waals surface area contributed by atoms with Gasteiger partial charge in [0.25, 0.3) is 0 Å². The minimum atomic E-state index is -1.55. The predicted octanol–water partition coefficient (Wildman–Crippen LogP) is 0.656. The van der Waals surface area contributed by atoms with Gasteiger partial charge in [-0.2, -0.15) is 0 Å². The van der Waals surface area contributed by atoms with Gasteiger partial charge < -0.3 is 43.8 Å². The van der Waals surface area contributed by atoms with Crippen LogP contribution >= 0.6 is 0 Å². The topological polar surface area (TPSA) is 148 Å². The molecule has 0 bridgehead atoms. The third-order valence-corrected chi connectivity index (χ3v) is 5.54. The summed E-state index contributed by atoms with van der Waals surface area (Å²) in [6.45, 7) is -0.559. The highest BCUT2D eigenvalue weighted by atomic mass is 16.7. The number of hydrogen-bond acceptors (Lipinski definition) is 10. The van der Waals surface area contributed by atoms with Gasteiger partial charge in [0.15, 0.2) is 0 Å². The molecule has 4 rings (SSSR count). The second-order valence-electron chi connectivity index (χ2n) is 7.52. The molecule has 10 heteroatoms. The molecule has 2 aromatic carbocycles. The fourth-order valence-corrected chi connectivity index (χ4v) is 3.68. The Kier molecular flexibility index (Phi) is 6.54. The van der Waals surface area contributed by atoms with Crippen LogP contribution in [0.1, 0.15) is 0 Å². The van der Waals surface area contributed by atoms with Gasteiger partial charge in [-0.25, -0.2) is 0 Å². The van der Waals surface area contributed by atoms with Crippen molar-refractivity contribution in [2.45, 2.75) is 30.7 Å². The minimum Gasteiger partial charge on any atom is -0.496 e. The molecule has 1 aromatic heterocycles. The number of aliphatic hydroxyl groups is 4. The van der Waals surface area contributed by atoms with Crippen LogP contribution in [0.3, 0.4) is 0 Å². The van der Waals surface area contributed by atoms with Crippen LogP contribution in [0.25, 0.3) is 22.1 Å². The molecule has 5 atom stereocenters. The first-order valence-electron chi connectivity index (χ1n) is 10.1. The van der Waals surface area contributed by atoms with E-state index in [1.54, 1.807) is 36.4 Å². The highest BCUT2D eigenvalue weighted by Crippen LogP contribution is 2.32. The number of methoxy groups -OCH3 is 2. The van der Waals surface area contributed by atoms with Gasteiger partial charge in [-0.15, -0.1) is 0 Å². The lowest BCUT2D eigenvalue weighted by molar-refractivity contribution is -0.277. The van der Waals surface area contributed by atoms with Gasteiger partial charge in [0.1, 0.15) is 58.9 Å². The molecule has 2 heterocycles. The molecule has 0 unspecified atom stereocenters. The first-order valence-corrected chi connectivity index (χ1v) is 10.1. The molecule has 1 fully saturated rings. The van der Waals surface area contributed by atoms with Crippen LogP contribution in [-0.2, 0) is 4.74 Å². The fourth-order valence-electron chi connectivity index (χ4n) is 3.68. The van der Waals surface area contributed by atoms with Gasteiger partial charge in [-0.3, -0.25) is 4.79 Å². The zero-order valence-corrected chi connectivity index (χ0v) is 17.9. The van der Waals surface area contributed by atoms with Crippen LogP contribution in [0.4, 0.5) is 0 Å². The van der Waals surface area contributed by atoms with Crippen LogP contribution in [0.2, 0.25) is 0 Å². The summed E-state index contributed by atoms with van der Waals surface area (Å²) in [5.41, 5.74) is 0.871. The van der Waals surface area contributed by atoms with Crippen molar-refractivity contribution in [1.29, 1.82) is 0 Å². The fraction of sp³-hybridized carbons (Fsp3) is 0.348. The van der Waals surface area contributed by atoms with E-state index >= 15 is 0 Å². The minimum absolute atomic E-state index is 0.274. The van der Waals surface area contributed by atoms with E-state index in [-0.39, 0.29) is 16.6 Å². The Morgan fingerprint density at radius 2 is 1.67 bits per heavy atom. The zero-order valence-electron chi connectivity index (χ0n) is 17.9. The van der Waals surface area contributed by atoms with E-state index < -0.39 is 37.3 Å². The summed E-state index contributed by atoms with van der Waals surface area (Å²) in [6.07, 6.45) is -5.59. The normalized spacial score (nSPS) is 25.1. The highest BCUT2D eigenvalue weighted by Gasteiger charge is 2.44. The Bertz CT molecular complexity index is 1170. The summed E-state index contributed by atoms with van der Waals surface area (Å²) in [5.74, 6) is 1.09. The van der Waals surface area contributed by atoms with Crippen LogP contribution in [0.15, 0.2) is 51.9 Å². The first-order chi connectivity index (χ1) is 15.9. The number of fused-ring (bicyclic) bond motifs is 1. The Morgan fingerprint density at radius 3 is 2.30 bits per heavy atom. The predicted molar refractivity (Wildman–Crippen MR) is 115 cm³/mol. The van der Waals surface area contributed by atoms with E-state index in [0.29, 0.717) is 28.2 Å². The number of ether oxygens (including phenoxy) is 4. The van der Waals surface area contributed by atoms with Crippen molar-refractivity contribution < 1.29 is 43.8 Å². The van der Waals surface area contributed by atoms with Gasteiger partial charge in [0, 0.05) is 12.1 Å². The standard InChI is InChI=1S/C23H24O10/c1-29-13-7-15(30-2)18-16(8-13)31-10-14(19(18)25)11-3-5-12(6-4-11)32-23-22(28)21(27)20(26)17(9-24)33-23/h3-8,10,17,20-24,26-28H,9H2,1-2H3/t17-,20-,21+,22-,23-/m1/s1. The van der Waals surface area contributed by atoms with Gasteiger partial charge in [-0.05, 0) is 17.7 Å². The molecule has 33 heavy (non-hydrogen) atoms. The Hall–Kier alpha value is -3.15. The van der Waals surface area contributed by atoms with Crippen LogP contribution < -0.4 is 19.6 Å². The summed E-state index contributed by atoms with van der Waals surface area (Å²) in [4.78, 5) is 13.1. The van der Waals surface area contributed by atoms with E-state index in [4.69, 9.17) is 23.4 Å². The average Bonchev–Trinajstić information content (AvgIpc) is 2.84. The van der Waals surface area contributed by atoms with E-state index in [2.05, 4.69) is 0 Å². The summed E-state index contributed by atoms with van der Waals surface area (Å²) in [7, 11) is 2.95. The van der Waals surface area contributed by atoms with Crippen LogP contribution in [-0.4, -0.2) is 72.0 Å². The molecule has 0 spiro atoms. The van der Waals surface area contributed by atoms with E-state index in [1.165, 1.54) is 20.5 Å². The van der Waals surface area contributed by atoms with Crippen molar-refractivity contribution in [2.75, 3.05) is 20.8 Å². The van der Waals surface area contributed by atoms with Crippen molar-refractivity contribution in [1.82, 2.24) is 0 Å². The molecule has 1 aliphatic heterocycles. The third kappa shape index (κ3) is 4.26. The summed E-state index contributed by atoms with van der Waals surface area (Å²) in [6, 6.07) is 9.53. The molecule has 4 N–H and O–H groups in total. The second-order valence-corrected chi connectivity index (χ2v) is 7.52. The maximum atomic E-state index is 13.1. The number of benzene rings is 2. The molecular weight excluding hydrogens is 436 g/mol. The molecule has 10 nitrogen and oxygen atoms in total. The quantitative estimate of drug-likeness (QED) is 0.413. The maximum absolute atomic E-state index is 13.1. The molecule has 1 saturated heterocycles. The van der Waals surface area contributed by atoms with Crippen molar-refractivity contribution in [3.8, 4) is 28.4 Å². The summed E-state index contributed by atoms with van der Waals surface area (Å²) < 4.78 is 27.1. The molecule has 176 valence electrons. The average molecular weight is 460 g/mol. The van der Waals surface area contributed by atoms with Crippen LogP contribution in [0.5, 0.6) is 17.2 Å². The smallest absolute Gasteiger partial charge is 0.229 e. The lowest BCUT2D eigenvalue weighted by atomic mass is 9.99. The number of hydrogen-bond donors (Lipinski definition) is 4. The Morgan fingerprint density at radius 1 is 0.939 bits per heavy atom. The van der Waals surface area contributed by atoms with Crippen molar-refractivity contribution in [3.63, 3.8) is 0 Å². The first kappa shape index (κ1) is 23.0. The van der Waals surface area contributed by atoms with Crippen molar-refractivity contribution in [2.24, 2.45) is 0 Å². The molecule has 0 amide bonds. The van der Waals surface area contributed by atoms with Crippen molar-refractivity contribution in [3.05, 3.63) is 52.9 Å². The summed E-state index contributed by atoms with van der Waals surface area (Å²) >= 11 is 0. The van der Waals surface area contributed by atoms with Gasteiger partial charge in [0.05, 0.1) is 26.4 Å². The Labute approximate surface area is 188 Å². The SMILES string of the molecule is COc1cc(OC)c2c(=O)c(-c3ccc(O[C@@H]4O[C@H](CO)[C@@H](O)[C@H](O)[C@H]4O)cc3)coc2c1. The molecule has 0 saturated carbocycles. The third-order valence-electron chi connectivity index (χ3n) is 5.54. The van der Waals surface area contributed by atoms with Gasteiger partial charge >= 0.3 is 0 Å². The molecule has 0 radical (unpaired) electrons. The molecule has 1 aliphatic rings. The van der Waals surface area contributed by atoms with Gasteiger partial charge in [-0.1, -0.05) is 12.1 Å². The lowest BCUT2D eigenvalue weighted by Crippen LogP contribution is -2.60.